The van der Waals surface area contributed by atoms with Crippen molar-refractivity contribution in [1.82, 2.24) is 9.19 Å². The number of benzene rings is 1. The van der Waals surface area contributed by atoms with E-state index in [4.69, 9.17) is 5.73 Å². The Hall–Kier alpha value is -1.82. The van der Waals surface area contributed by atoms with Gasteiger partial charge in [-0.15, -0.1) is 5.10 Å². The number of nitrogens with two attached hydrogens (primary N) is 1. The van der Waals surface area contributed by atoms with Crippen molar-refractivity contribution in [2.45, 2.75) is 18.7 Å². The molecule has 1 heterocycles. The number of anilines is 1. The Morgan fingerprint density at radius 1 is 1.24 bits per heavy atom. The van der Waals surface area contributed by atoms with E-state index in [1.165, 1.54) is 12.3 Å². The summed E-state index contributed by atoms with van der Waals surface area (Å²) in [6, 6.07) is 6.71. The van der Waals surface area contributed by atoms with Gasteiger partial charge < -0.3 is 5.73 Å². The molecule has 6 heteroatoms. The van der Waals surface area contributed by atoms with Crippen LogP contribution in [-0.4, -0.2) is 17.6 Å². The van der Waals surface area contributed by atoms with E-state index in [9.17, 15) is 8.42 Å². The summed E-state index contributed by atoms with van der Waals surface area (Å²) < 4.78 is 25.4. The van der Waals surface area contributed by atoms with E-state index in [1.54, 1.807) is 19.1 Å². The molecular weight excluding hydrogens is 238 g/mol. The van der Waals surface area contributed by atoms with Crippen LogP contribution in [0, 0.1) is 13.8 Å². The van der Waals surface area contributed by atoms with Gasteiger partial charge in [0.05, 0.1) is 4.90 Å². The lowest BCUT2D eigenvalue weighted by molar-refractivity contribution is 0.579. The normalized spacial score (nSPS) is 11.6. The highest BCUT2D eigenvalue weighted by Gasteiger charge is 2.20. The molecule has 1 aromatic heterocycles. The lowest BCUT2D eigenvalue weighted by atomic mass is 10.2. The van der Waals surface area contributed by atoms with Crippen LogP contribution in [0.3, 0.4) is 0 Å². The second kappa shape index (κ2) is 3.89. The van der Waals surface area contributed by atoms with Gasteiger partial charge in [0, 0.05) is 12.3 Å². The van der Waals surface area contributed by atoms with Crippen LogP contribution < -0.4 is 5.73 Å². The second-order valence-corrected chi connectivity index (χ2v) is 5.65. The summed E-state index contributed by atoms with van der Waals surface area (Å²) in [5.41, 5.74) is 6.99. The molecule has 0 amide bonds. The van der Waals surface area contributed by atoms with Gasteiger partial charge in [0.15, 0.2) is 0 Å². The van der Waals surface area contributed by atoms with Crippen LogP contribution >= 0.6 is 0 Å². The molecule has 0 spiro atoms. The summed E-state index contributed by atoms with van der Waals surface area (Å²) >= 11 is 0. The zero-order valence-corrected chi connectivity index (χ0v) is 10.4. The molecule has 2 rings (SSSR count). The van der Waals surface area contributed by atoms with Crippen LogP contribution in [0.4, 0.5) is 5.82 Å². The fourth-order valence-electron chi connectivity index (χ4n) is 1.54. The van der Waals surface area contributed by atoms with Crippen LogP contribution in [0.1, 0.15) is 11.1 Å². The van der Waals surface area contributed by atoms with E-state index in [1.807, 2.05) is 13.0 Å². The lowest BCUT2D eigenvalue weighted by Crippen LogP contribution is -2.15. The summed E-state index contributed by atoms with van der Waals surface area (Å²) in [7, 11) is -3.65. The topological polar surface area (TPSA) is 78.0 Å². The Bertz CT molecular complexity index is 659. The Kier molecular flexibility index (Phi) is 2.66. The first-order valence-corrected chi connectivity index (χ1v) is 6.49. The number of aryl methyl sites for hydroxylation is 2. The molecule has 5 nitrogen and oxygen atoms in total. The minimum atomic E-state index is -3.65. The minimum absolute atomic E-state index is 0.180. The van der Waals surface area contributed by atoms with E-state index in [-0.39, 0.29) is 10.7 Å². The maximum absolute atomic E-state index is 12.3. The van der Waals surface area contributed by atoms with Gasteiger partial charge in [-0.2, -0.15) is 12.5 Å². The van der Waals surface area contributed by atoms with Gasteiger partial charge >= 0.3 is 0 Å². The highest BCUT2D eigenvalue weighted by Crippen LogP contribution is 2.19. The quantitative estimate of drug-likeness (QED) is 0.873. The van der Waals surface area contributed by atoms with Gasteiger partial charge in [0.25, 0.3) is 10.0 Å². The standard InChI is InChI=1S/C11H13N3O2S/c1-8-3-4-9(2)10(7-8)17(15,16)14-6-5-11(12)13-14/h3-7H,1-2H3,(H2,12,13). The average molecular weight is 251 g/mol. The molecule has 0 bridgehead atoms. The number of hydrogen-bond acceptors (Lipinski definition) is 4. The predicted octanol–water partition coefficient (Wildman–Crippen LogP) is 1.32. The fourth-order valence-corrected chi connectivity index (χ4v) is 2.97. The van der Waals surface area contributed by atoms with Crippen molar-refractivity contribution in [2.24, 2.45) is 0 Å². The first kappa shape index (κ1) is 11.7. The first-order valence-electron chi connectivity index (χ1n) is 5.05. The number of nitrogens with zero attached hydrogens (tertiary/aromatic N) is 2. The van der Waals surface area contributed by atoms with Crippen LogP contribution in [0.15, 0.2) is 35.4 Å². The van der Waals surface area contributed by atoms with Crippen molar-refractivity contribution in [3.05, 3.63) is 41.6 Å². The van der Waals surface area contributed by atoms with E-state index < -0.39 is 10.0 Å². The van der Waals surface area contributed by atoms with Crippen molar-refractivity contribution in [3.8, 4) is 0 Å². The summed E-state index contributed by atoms with van der Waals surface area (Å²) in [6.07, 6.45) is 1.34. The number of aromatic nitrogens is 2. The SMILES string of the molecule is Cc1ccc(C)c(S(=O)(=O)n2ccc(N)n2)c1. The van der Waals surface area contributed by atoms with Crippen LogP contribution in [0.2, 0.25) is 0 Å². The largest absolute Gasteiger partial charge is 0.382 e. The van der Waals surface area contributed by atoms with E-state index in [0.717, 1.165) is 9.65 Å². The van der Waals surface area contributed by atoms with E-state index in [0.29, 0.717) is 5.56 Å². The molecule has 0 aliphatic rings. The third-order valence-corrected chi connectivity index (χ3v) is 4.15. The molecule has 1 aromatic carbocycles. The fraction of sp³-hybridized carbons (Fsp3) is 0.182. The molecular formula is C11H13N3O2S. The zero-order valence-electron chi connectivity index (χ0n) is 9.58. The number of rotatable bonds is 2. The molecule has 0 radical (unpaired) electrons. The third-order valence-electron chi connectivity index (χ3n) is 2.45. The first-order chi connectivity index (χ1) is 7.91. The Balaban J connectivity index is 2.63. The molecule has 0 aliphatic heterocycles. The van der Waals surface area contributed by atoms with Gasteiger partial charge in [-0.3, -0.25) is 0 Å². The van der Waals surface area contributed by atoms with Crippen molar-refractivity contribution in [1.29, 1.82) is 0 Å². The highest BCUT2D eigenvalue weighted by molar-refractivity contribution is 7.89. The van der Waals surface area contributed by atoms with E-state index >= 15 is 0 Å². The maximum atomic E-state index is 12.3. The monoisotopic (exact) mass is 251 g/mol. The molecule has 0 saturated carbocycles. The number of nitrogen functional groups attached to an aromatic ring is 1. The van der Waals surface area contributed by atoms with Crippen LogP contribution in [0.5, 0.6) is 0 Å². The summed E-state index contributed by atoms with van der Waals surface area (Å²) in [5, 5.41) is 3.74. The van der Waals surface area contributed by atoms with Crippen molar-refractivity contribution in [3.63, 3.8) is 0 Å². The molecule has 0 saturated heterocycles. The zero-order chi connectivity index (χ0) is 12.6. The maximum Gasteiger partial charge on any atom is 0.283 e. The van der Waals surface area contributed by atoms with Crippen molar-refractivity contribution in [2.75, 3.05) is 5.73 Å². The second-order valence-electron chi connectivity index (χ2n) is 3.89. The third kappa shape index (κ3) is 2.03. The molecule has 2 aromatic rings. The summed E-state index contributed by atoms with van der Waals surface area (Å²) in [4.78, 5) is 0.251. The van der Waals surface area contributed by atoms with E-state index in [2.05, 4.69) is 5.10 Å². The lowest BCUT2D eigenvalue weighted by Gasteiger charge is -2.08. The van der Waals surface area contributed by atoms with Gasteiger partial charge in [-0.25, -0.2) is 0 Å². The van der Waals surface area contributed by atoms with Crippen LogP contribution in [0.25, 0.3) is 0 Å². The predicted molar refractivity (Wildman–Crippen MR) is 65.1 cm³/mol. The van der Waals surface area contributed by atoms with Gasteiger partial charge in [0.2, 0.25) is 0 Å². The average Bonchev–Trinajstić information content (AvgIpc) is 2.69. The van der Waals surface area contributed by atoms with Gasteiger partial charge in [-0.05, 0) is 31.0 Å². The molecule has 0 atom stereocenters. The van der Waals surface area contributed by atoms with Crippen molar-refractivity contribution >= 4 is 15.8 Å². The molecule has 17 heavy (non-hydrogen) atoms. The smallest absolute Gasteiger partial charge is 0.283 e. The summed E-state index contributed by atoms with van der Waals surface area (Å²) in [5.74, 6) is 0.180. The highest BCUT2D eigenvalue weighted by atomic mass is 32.2. The van der Waals surface area contributed by atoms with Crippen molar-refractivity contribution < 1.29 is 8.42 Å². The minimum Gasteiger partial charge on any atom is -0.382 e. The Labute approximate surface area is 99.9 Å². The molecule has 0 aliphatic carbocycles. The molecule has 0 unspecified atom stereocenters. The molecule has 0 fully saturated rings. The molecule has 90 valence electrons. The Morgan fingerprint density at radius 2 is 1.94 bits per heavy atom. The van der Waals surface area contributed by atoms with Gasteiger partial charge in [0.1, 0.15) is 5.82 Å². The number of hydrogen-bond donors (Lipinski definition) is 1. The Morgan fingerprint density at radius 3 is 2.53 bits per heavy atom. The molecule has 2 N–H and O–H groups in total. The van der Waals surface area contributed by atoms with Crippen LogP contribution in [-0.2, 0) is 10.0 Å². The van der Waals surface area contributed by atoms with Gasteiger partial charge in [-0.1, -0.05) is 12.1 Å². The summed E-state index contributed by atoms with van der Waals surface area (Å²) in [6.45, 7) is 3.59.